The summed E-state index contributed by atoms with van der Waals surface area (Å²) in [7, 11) is 1.39. The predicted octanol–water partition coefficient (Wildman–Crippen LogP) is 2.96. The summed E-state index contributed by atoms with van der Waals surface area (Å²) in [4.78, 5) is 3.82. The molecule has 0 fully saturated rings. The molecule has 0 amide bonds. The van der Waals surface area contributed by atoms with Crippen LogP contribution >= 0.6 is 11.6 Å². The monoisotopic (exact) mass is 267 g/mol. The van der Waals surface area contributed by atoms with Crippen LogP contribution in [-0.4, -0.2) is 17.2 Å². The minimum absolute atomic E-state index is 0.138. The first-order valence-electron chi connectivity index (χ1n) is 5.25. The van der Waals surface area contributed by atoms with Gasteiger partial charge in [0.2, 0.25) is 0 Å². The Labute approximate surface area is 109 Å². The van der Waals surface area contributed by atoms with E-state index in [1.165, 1.54) is 31.5 Å². The van der Waals surface area contributed by atoms with E-state index in [4.69, 9.17) is 16.3 Å². The highest BCUT2D eigenvalue weighted by Gasteiger charge is 2.13. The Morgan fingerprint density at radius 1 is 1.28 bits per heavy atom. The third kappa shape index (κ3) is 2.60. The Kier molecular flexibility index (Phi) is 3.79. The molecule has 1 aromatic carbocycles. The maximum Gasteiger partial charge on any atom is 0.165 e. The van der Waals surface area contributed by atoms with Crippen LogP contribution in [0.3, 0.4) is 0 Å². The molecule has 0 aliphatic rings. The van der Waals surface area contributed by atoms with Crippen molar-refractivity contribution in [2.75, 3.05) is 7.11 Å². The lowest BCUT2D eigenvalue weighted by molar-refractivity contribution is 0.219. The van der Waals surface area contributed by atoms with E-state index in [2.05, 4.69) is 4.98 Å². The van der Waals surface area contributed by atoms with Crippen LogP contribution in [0.4, 0.5) is 4.39 Å². The fourth-order valence-corrected chi connectivity index (χ4v) is 1.82. The standard InChI is InChI=1S/C13H11ClFNO2/c1-18-11-3-2-8(6-10(11)15)13(17)9-4-5-16-12(14)7-9/h2-7,13,17H,1H3. The van der Waals surface area contributed by atoms with Gasteiger partial charge in [-0.15, -0.1) is 0 Å². The van der Waals surface area contributed by atoms with Crippen LogP contribution in [0.2, 0.25) is 5.15 Å². The van der Waals surface area contributed by atoms with Crippen molar-refractivity contribution in [1.82, 2.24) is 4.98 Å². The average molecular weight is 268 g/mol. The lowest BCUT2D eigenvalue weighted by Gasteiger charge is -2.12. The number of hydrogen-bond donors (Lipinski definition) is 1. The summed E-state index contributed by atoms with van der Waals surface area (Å²) in [5.41, 5.74) is 0.982. The molecule has 1 unspecified atom stereocenters. The highest BCUT2D eigenvalue weighted by Crippen LogP contribution is 2.26. The molecule has 3 nitrogen and oxygen atoms in total. The van der Waals surface area contributed by atoms with Gasteiger partial charge in [0.15, 0.2) is 11.6 Å². The van der Waals surface area contributed by atoms with Crippen LogP contribution in [0.15, 0.2) is 36.5 Å². The number of pyridine rings is 1. The zero-order valence-electron chi connectivity index (χ0n) is 9.60. The van der Waals surface area contributed by atoms with E-state index < -0.39 is 11.9 Å². The normalized spacial score (nSPS) is 12.2. The predicted molar refractivity (Wildman–Crippen MR) is 66.3 cm³/mol. The first-order valence-corrected chi connectivity index (χ1v) is 5.62. The minimum atomic E-state index is -0.953. The van der Waals surface area contributed by atoms with Gasteiger partial charge in [0.05, 0.1) is 7.11 Å². The van der Waals surface area contributed by atoms with Crippen molar-refractivity contribution in [2.24, 2.45) is 0 Å². The Morgan fingerprint density at radius 3 is 2.61 bits per heavy atom. The second-order valence-corrected chi connectivity index (χ2v) is 4.10. The number of halogens is 2. The third-order valence-corrected chi connectivity index (χ3v) is 2.76. The summed E-state index contributed by atoms with van der Waals surface area (Å²) in [5, 5.41) is 10.4. The van der Waals surface area contributed by atoms with Gasteiger partial charge in [-0.2, -0.15) is 0 Å². The van der Waals surface area contributed by atoms with E-state index in [-0.39, 0.29) is 10.9 Å². The van der Waals surface area contributed by atoms with Crippen LogP contribution in [0.25, 0.3) is 0 Å². The number of rotatable bonds is 3. The number of aromatic nitrogens is 1. The molecule has 1 N–H and O–H groups in total. The molecule has 0 aliphatic carbocycles. The highest BCUT2D eigenvalue weighted by molar-refractivity contribution is 6.29. The van der Waals surface area contributed by atoms with E-state index in [1.807, 2.05) is 0 Å². The molecule has 2 aromatic rings. The van der Waals surface area contributed by atoms with Gasteiger partial charge in [-0.05, 0) is 35.4 Å². The number of benzene rings is 1. The van der Waals surface area contributed by atoms with E-state index in [1.54, 1.807) is 12.1 Å². The second-order valence-electron chi connectivity index (χ2n) is 3.71. The summed E-state index contributed by atoms with van der Waals surface area (Å²) in [5.74, 6) is -0.382. The Balaban J connectivity index is 2.34. The molecule has 0 saturated carbocycles. The van der Waals surface area contributed by atoms with E-state index >= 15 is 0 Å². The van der Waals surface area contributed by atoms with Gasteiger partial charge in [0, 0.05) is 6.20 Å². The van der Waals surface area contributed by atoms with Crippen molar-refractivity contribution >= 4 is 11.6 Å². The minimum Gasteiger partial charge on any atom is -0.494 e. The topological polar surface area (TPSA) is 42.4 Å². The quantitative estimate of drug-likeness (QED) is 0.870. The summed E-state index contributed by atoms with van der Waals surface area (Å²) in [6, 6.07) is 7.46. The van der Waals surface area contributed by atoms with Crippen molar-refractivity contribution in [1.29, 1.82) is 0 Å². The Bertz CT molecular complexity index is 562. The van der Waals surface area contributed by atoms with Gasteiger partial charge in [-0.25, -0.2) is 9.37 Å². The lowest BCUT2D eigenvalue weighted by atomic mass is 10.0. The first-order chi connectivity index (χ1) is 8.61. The Hall–Kier alpha value is -1.65. The fourth-order valence-electron chi connectivity index (χ4n) is 1.63. The van der Waals surface area contributed by atoms with Crippen molar-refractivity contribution in [2.45, 2.75) is 6.10 Å². The zero-order chi connectivity index (χ0) is 13.1. The molecule has 0 bridgehead atoms. The number of methoxy groups -OCH3 is 1. The molecule has 2 rings (SSSR count). The smallest absolute Gasteiger partial charge is 0.165 e. The number of ether oxygens (including phenoxy) is 1. The summed E-state index contributed by atoms with van der Waals surface area (Å²) in [6.07, 6.45) is 0.534. The largest absolute Gasteiger partial charge is 0.494 e. The van der Waals surface area contributed by atoms with Gasteiger partial charge >= 0.3 is 0 Å². The number of aliphatic hydroxyl groups excluding tert-OH is 1. The Morgan fingerprint density at radius 2 is 2.00 bits per heavy atom. The molecular weight excluding hydrogens is 257 g/mol. The lowest BCUT2D eigenvalue weighted by Crippen LogP contribution is -2.01. The molecule has 1 atom stereocenters. The molecule has 18 heavy (non-hydrogen) atoms. The van der Waals surface area contributed by atoms with Crippen molar-refractivity contribution in [3.63, 3.8) is 0 Å². The molecule has 0 radical (unpaired) electrons. The van der Waals surface area contributed by atoms with E-state index in [9.17, 15) is 9.50 Å². The van der Waals surface area contributed by atoms with Crippen molar-refractivity contribution in [3.05, 3.63) is 58.6 Å². The highest BCUT2D eigenvalue weighted by atomic mass is 35.5. The molecule has 94 valence electrons. The molecule has 0 aliphatic heterocycles. The molecule has 5 heteroatoms. The molecular formula is C13H11ClFNO2. The van der Waals surface area contributed by atoms with Gasteiger partial charge in [0.25, 0.3) is 0 Å². The summed E-state index contributed by atoms with van der Waals surface area (Å²) < 4.78 is 18.3. The van der Waals surface area contributed by atoms with Crippen molar-refractivity contribution < 1.29 is 14.2 Å². The van der Waals surface area contributed by atoms with Crippen LogP contribution in [0.1, 0.15) is 17.2 Å². The molecule has 1 aromatic heterocycles. The summed E-state index contributed by atoms with van der Waals surface area (Å²) >= 11 is 5.74. The summed E-state index contributed by atoms with van der Waals surface area (Å²) in [6.45, 7) is 0. The van der Waals surface area contributed by atoms with E-state index in [0.717, 1.165) is 0 Å². The van der Waals surface area contributed by atoms with Crippen LogP contribution in [0, 0.1) is 5.82 Å². The number of hydrogen-bond acceptors (Lipinski definition) is 3. The fraction of sp³-hybridized carbons (Fsp3) is 0.154. The zero-order valence-corrected chi connectivity index (χ0v) is 10.4. The molecule has 0 spiro atoms. The second kappa shape index (κ2) is 5.33. The van der Waals surface area contributed by atoms with Crippen LogP contribution in [0.5, 0.6) is 5.75 Å². The average Bonchev–Trinajstić information content (AvgIpc) is 2.37. The maximum absolute atomic E-state index is 13.5. The molecule has 1 heterocycles. The third-order valence-electron chi connectivity index (χ3n) is 2.56. The number of nitrogens with zero attached hydrogens (tertiary/aromatic N) is 1. The van der Waals surface area contributed by atoms with Crippen LogP contribution < -0.4 is 4.74 Å². The van der Waals surface area contributed by atoms with Gasteiger partial charge in [0.1, 0.15) is 11.3 Å². The van der Waals surface area contributed by atoms with Crippen LogP contribution in [-0.2, 0) is 0 Å². The SMILES string of the molecule is COc1ccc(C(O)c2ccnc(Cl)c2)cc1F. The maximum atomic E-state index is 13.5. The van der Waals surface area contributed by atoms with E-state index in [0.29, 0.717) is 11.1 Å². The van der Waals surface area contributed by atoms with Gasteiger partial charge in [-0.3, -0.25) is 0 Å². The first kappa shape index (κ1) is 12.8. The van der Waals surface area contributed by atoms with Gasteiger partial charge in [-0.1, -0.05) is 17.7 Å². The van der Waals surface area contributed by atoms with Gasteiger partial charge < -0.3 is 9.84 Å². The van der Waals surface area contributed by atoms with Crippen molar-refractivity contribution in [3.8, 4) is 5.75 Å². The molecule has 0 saturated heterocycles. The number of aliphatic hydroxyl groups is 1.